The number of rotatable bonds is 2. The summed E-state index contributed by atoms with van der Waals surface area (Å²) in [6.45, 7) is 0.148. The summed E-state index contributed by atoms with van der Waals surface area (Å²) in [7, 11) is 0. The van der Waals surface area contributed by atoms with Crippen LogP contribution in [0.5, 0.6) is 0 Å². The summed E-state index contributed by atoms with van der Waals surface area (Å²) in [5.74, 6) is -0.558. The molecule has 3 amide bonds. The first-order chi connectivity index (χ1) is 11.6. The molecule has 1 spiro atoms. The number of urea groups is 1. The third-order valence-electron chi connectivity index (χ3n) is 4.90. The van der Waals surface area contributed by atoms with Crippen molar-refractivity contribution in [3.8, 4) is 0 Å². The summed E-state index contributed by atoms with van der Waals surface area (Å²) < 4.78 is 13.0. The molecule has 0 aromatic heterocycles. The Hall–Kier alpha value is -2.69. The van der Waals surface area contributed by atoms with Crippen LogP contribution in [0.2, 0.25) is 0 Å². The van der Waals surface area contributed by atoms with E-state index in [0.29, 0.717) is 6.42 Å². The number of fused-ring (bicyclic) bond motifs is 2. The highest BCUT2D eigenvalue weighted by molar-refractivity contribution is 6.07. The van der Waals surface area contributed by atoms with Gasteiger partial charge in [-0.3, -0.25) is 9.69 Å². The summed E-state index contributed by atoms with van der Waals surface area (Å²) in [4.78, 5) is 26.8. The van der Waals surface area contributed by atoms with Crippen LogP contribution < -0.4 is 5.32 Å². The summed E-state index contributed by atoms with van der Waals surface area (Å²) in [5.41, 5.74) is 1.78. The van der Waals surface area contributed by atoms with Crippen molar-refractivity contribution in [1.29, 1.82) is 0 Å². The number of carbonyl (C=O) groups is 2. The normalized spacial score (nSPS) is 22.6. The molecule has 5 heteroatoms. The Labute approximate surface area is 139 Å². The van der Waals surface area contributed by atoms with E-state index in [4.69, 9.17) is 0 Å². The van der Waals surface area contributed by atoms with E-state index >= 15 is 0 Å². The molecule has 2 aromatic carbocycles. The van der Waals surface area contributed by atoms with Gasteiger partial charge in [0.05, 0.1) is 6.54 Å². The fourth-order valence-corrected chi connectivity index (χ4v) is 3.73. The molecule has 1 fully saturated rings. The topological polar surface area (TPSA) is 49.4 Å². The van der Waals surface area contributed by atoms with Crippen molar-refractivity contribution >= 4 is 11.9 Å². The van der Waals surface area contributed by atoms with Gasteiger partial charge in [-0.05, 0) is 48.1 Å². The highest BCUT2D eigenvalue weighted by Crippen LogP contribution is 2.40. The van der Waals surface area contributed by atoms with E-state index < -0.39 is 5.54 Å². The largest absolute Gasteiger partial charge is 0.325 e. The molecular formula is C19H17FN2O2. The smallest absolute Gasteiger partial charge is 0.319 e. The second-order valence-electron chi connectivity index (χ2n) is 6.36. The van der Waals surface area contributed by atoms with E-state index in [1.807, 2.05) is 24.3 Å². The average molecular weight is 324 g/mol. The number of hydrogen-bond acceptors (Lipinski definition) is 2. The molecule has 1 aliphatic carbocycles. The highest BCUT2D eigenvalue weighted by atomic mass is 19.1. The lowest BCUT2D eigenvalue weighted by molar-refractivity contribution is -0.132. The van der Waals surface area contributed by atoms with Gasteiger partial charge in [0, 0.05) is 0 Å². The first-order valence-corrected chi connectivity index (χ1v) is 8.07. The Morgan fingerprint density at radius 3 is 2.62 bits per heavy atom. The fraction of sp³-hybridized carbons (Fsp3) is 0.263. The van der Waals surface area contributed by atoms with E-state index in [1.54, 1.807) is 12.1 Å². The molecule has 0 bridgehead atoms. The molecule has 2 aliphatic rings. The highest BCUT2D eigenvalue weighted by Gasteiger charge is 2.53. The first kappa shape index (κ1) is 14.9. The van der Waals surface area contributed by atoms with Crippen LogP contribution in [0, 0.1) is 5.82 Å². The zero-order valence-electron chi connectivity index (χ0n) is 13.1. The predicted molar refractivity (Wildman–Crippen MR) is 86.5 cm³/mol. The number of carbonyl (C=O) groups excluding carboxylic acids is 2. The van der Waals surface area contributed by atoms with Gasteiger partial charge >= 0.3 is 6.03 Å². The molecule has 4 rings (SSSR count). The van der Waals surface area contributed by atoms with Crippen molar-refractivity contribution in [2.75, 3.05) is 0 Å². The lowest BCUT2D eigenvalue weighted by Gasteiger charge is -2.33. The predicted octanol–water partition coefficient (Wildman–Crippen LogP) is 3.11. The van der Waals surface area contributed by atoms with Crippen molar-refractivity contribution in [2.45, 2.75) is 31.3 Å². The molecular weight excluding hydrogens is 307 g/mol. The second kappa shape index (κ2) is 5.44. The molecule has 1 atom stereocenters. The molecule has 1 saturated heterocycles. The number of halogens is 1. The van der Waals surface area contributed by atoms with E-state index in [-0.39, 0.29) is 24.3 Å². The van der Waals surface area contributed by atoms with Crippen LogP contribution in [0.1, 0.15) is 29.5 Å². The fourth-order valence-electron chi connectivity index (χ4n) is 3.73. The minimum atomic E-state index is -0.952. The van der Waals surface area contributed by atoms with Gasteiger partial charge in [0.1, 0.15) is 11.4 Å². The SMILES string of the molecule is O=C1NC2(CCCc3ccccc32)C(=O)N1Cc1ccc(F)cc1. The maximum absolute atomic E-state index is 13.1. The Morgan fingerprint density at radius 1 is 1.08 bits per heavy atom. The standard InChI is InChI=1S/C19H17FN2O2/c20-15-9-7-13(8-10-15)12-22-17(23)19(21-18(22)24)11-3-5-14-4-1-2-6-16(14)19/h1-2,4,6-10H,3,5,11-12H2,(H,21,24). The number of aryl methyl sites for hydroxylation is 1. The molecule has 4 nitrogen and oxygen atoms in total. The van der Waals surface area contributed by atoms with Crippen LogP contribution in [0.25, 0.3) is 0 Å². The number of amides is 3. The van der Waals surface area contributed by atoms with Crippen molar-refractivity contribution < 1.29 is 14.0 Å². The van der Waals surface area contributed by atoms with Gasteiger partial charge in [0.2, 0.25) is 0 Å². The van der Waals surface area contributed by atoms with Gasteiger partial charge in [-0.2, -0.15) is 0 Å². The van der Waals surface area contributed by atoms with Gasteiger partial charge < -0.3 is 5.32 Å². The average Bonchev–Trinajstić information content (AvgIpc) is 2.82. The summed E-state index contributed by atoms with van der Waals surface area (Å²) in [6, 6.07) is 13.3. The van der Waals surface area contributed by atoms with Crippen LogP contribution in [-0.4, -0.2) is 16.8 Å². The minimum absolute atomic E-state index is 0.148. The third kappa shape index (κ3) is 2.19. The third-order valence-corrected chi connectivity index (χ3v) is 4.90. The van der Waals surface area contributed by atoms with Crippen LogP contribution >= 0.6 is 0 Å². The molecule has 24 heavy (non-hydrogen) atoms. The molecule has 0 saturated carbocycles. The van der Waals surface area contributed by atoms with Gasteiger partial charge in [-0.15, -0.1) is 0 Å². The summed E-state index contributed by atoms with van der Waals surface area (Å²) in [5, 5.41) is 2.92. The monoisotopic (exact) mass is 324 g/mol. The van der Waals surface area contributed by atoms with Crippen LogP contribution in [-0.2, 0) is 23.3 Å². The van der Waals surface area contributed by atoms with E-state index in [2.05, 4.69) is 5.32 Å². The van der Waals surface area contributed by atoms with E-state index in [0.717, 1.165) is 29.5 Å². The molecule has 1 heterocycles. The lowest BCUT2D eigenvalue weighted by Crippen LogP contribution is -2.46. The quantitative estimate of drug-likeness (QED) is 0.863. The second-order valence-corrected chi connectivity index (χ2v) is 6.36. The molecule has 122 valence electrons. The number of imide groups is 1. The molecule has 0 radical (unpaired) electrons. The van der Waals surface area contributed by atoms with Crippen LogP contribution in [0.3, 0.4) is 0 Å². The summed E-state index contributed by atoms with van der Waals surface area (Å²) >= 11 is 0. The van der Waals surface area contributed by atoms with E-state index in [1.165, 1.54) is 17.0 Å². The van der Waals surface area contributed by atoms with Crippen molar-refractivity contribution in [3.05, 3.63) is 71.0 Å². The first-order valence-electron chi connectivity index (χ1n) is 8.07. The Morgan fingerprint density at radius 2 is 1.83 bits per heavy atom. The van der Waals surface area contributed by atoms with Crippen molar-refractivity contribution in [3.63, 3.8) is 0 Å². The van der Waals surface area contributed by atoms with Crippen molar-refractivity contribution in [1.82, 2.24) is 10.2 Å². The molecule has 2 aromatic rings. The molecule has 1 unspecified atom stereocenters. The molecule has 1 N–H and O–H groups in total. The van der Waals surface area contributed by atoms with Gasteiger partial charge in [-0.1, -0.05) is 36.4 Å². The van der Waals surface area contributed by atoms with Crippen LogP contribution in [0.4, 0.5) is 9.18 Å². The maximum atomic E-state index is 13.1. The number of nitrogens with zero attached hydrogens (tertiary/aromatic N) is 1. The van der Waals surface area contributed by atoms with Gasteiger partial charge in [-0.25, -0.2) is 9.18 Å². The van der Waals surface area contributed by atoms with Gasteiger partial charge in [0.15, 0.2) is 0 Å². The minimum Gasteiger partial charge on any atom is -0.319 e. The zero-order chi connectivity index (χ0) is 16.7. The Balaban J connectivity index is 1.68. The Bertz CT molecular complexity index is 818. The lowest BCUT2D eigenvalue weighted by atomic mass is 9.76. The summed E-state index contributed by atoms with van der Waals surface area (Å²) in [6.07, 6.45) is 2.38. The van der Waals surface area contributed by atoms with Gasteiger partial charge in [0.25, 0.3) is 5.91 Å². The zero-order valence-corrected chi connectivity index (χ0v) is 13.1. The maximum Gasteiger partial charge on any atom is 0.325 e. The number of nitrogens with one attached hydrogen (secondary N) is 1. The molecule has 1 aliphatic heterocycles. The number of benzene rings is 2. The number of hydrogen-bond donors (Lipinski definition) is 1. The Kier molecular flexibility index (Phi) is 3.37. The van der Waals surface area contributed by atoms with E-state index in [9.17, 15) is 14.0 Å². The van der Waals surface area contributed by atoms with Crippen LogP contribution in [0.15, 0.2) is 48.5 Å². The van der Waals surface area contributed by atoms with Crippen molar-refractivity contribution in [2.24, 2.45) is 0 Å².